The largest absolute Gasteiger partial charge is 0.485 e. The number of carbonyl (C=O) groups excluding carboxylic acids is 1. The quantitative estimate of drug-likeness (QED) is 0.507. The van der Waals surface area contributed by atoms with Crippen molar-refractivity contribution in [2.24, 2.45) is 0 Å². The summed E-state index contributed by atoms with van der Waals surface area (Å²) in [5, 5.41) is 5.65. The van der Waals surface area contributed by atoms with E-state index in [1.807, 2.05) is 41.8 Å². The molecule has 0 saturated heterocycles. The highest BCUT2D eigenvalue weighted by atomic mass is 32.1. The number of nitrogens with zero attached hydrogens (tertiary/aromatic N) is 2. The molecule has 0 spiro atoms. The number of rotatable bonds is 6. The van der Waals surface area contributed by atoms with Crippen molar-refractivity contribution in [2.75, 3.05) is 0 Å². The number of carbonyl (C=O) groups is 1. The highest BCUT2D eigenvalue weighted by Gasteiger charge is 2.04. The maximum Gasteiger partial charge on any atom is 0.223 e. The molecule has 0 aliphatic carbocycles. The molecule has 0 fully saturated rings. The van der Waals surface area contributed by atoms with Crippen molar-refractivity contribution >= 4 is 23.2 Å². The van der Waals surface area contributed by atoms with E-state index in [2.05, 4.69) is 10.1 Å². The van der Waals surface area contributed by atoms with Gasteiger partial charge in [-0.1, -0.05) is 29.4 Å². The first-order chi connectivity index (χ1) is 11.2. The predicted molar refractivity (Wildman–Crippen MR) is 87.5 cm³/mol. The summed E-state index contributed by atoms with van der Waals surface area (Å²) in [5.41, 5.74) is 0.928. The molecule has 5 nitrogen and oxygen atoms in total. The van der Waals surface area contributed by atoms with Crippen LogP contribution in [0.25, 0.3) is 6.08 Å². The molecule has 0 radical (unpaired) electrons. The summed E-state index contributed by atoms with van der Waals surface area (Å²) in [6.45, 7) is 1.98. The van der Waals surface area contributed by atoms with Gasteiger partial charge < -0.3 is 9.26 Å². The van der Waals surface area contributed by atoms with Crippen LogP contribution in [0.5, 0.6) is 5.75 Å². The zero-order valence-electron chi connectivity index (χ0n) is 12.4. The topological polar surface area (TPSA) is 65.2 Å². The molecule has 2 heterocycles. The highest BCUT2D eigenvalue weighted by molar-refractivity contribution is 7.12. The molecule has 0 saturated carbocycles. The summed E-state index contributed by atoms with van der Waals surface area (Å²) in [5.74, 6) is 1.73. The minimum atomic E-state index is 0.00722. The first-order valence-corrected chi connectivity index (χ1v) is 7.86. The van der Waals surface area contributed by atoms with Crippen LogP contribution in [0.1, 0.15) is 27.0 Å². The second-order valence-corrected chi connectivity index (χ2v) is 5.71. The first kappa shape index (κ1) is 15.2. The van der Waals surface area contributed by atoms with Crippen LogP contribution >= 0.6 is 11.3 Å². The van der Waals surface area contributed by atoms with Crippen molar-refractivity contribution in [3.63, 3.8) is 0 Å². The summed E-state index contributed by atoms with van der Waals surface area (Å²) in [4.78, 5) is 16.7. The van der Waals surface area contributed by atoms with Gasteiger partial charge in [0.1, 0.15) is 5.75 Å². The van der Waals surface area contributed by atoms with Gasteiger partial charge in [-0.05, 0) is 35.2 Å². The molecule has 3 aromatic rings. The smallest absolute Gasteiger partial charge is 0.223 e. The van der Waals surface area contributed by atoms with Gasteiger partial charge in [-0.3, -0.25) is 4.79 Å². The molecule has 3 rings (SSSR count). The third-order valence-electron chi connectivity index (χ3n) is 3.01. The monoisotopic (exact) mass is 326 g/mol. The lowest BCUT2D eigenvalue weighted by Gasteiger charge is -2.03. The summed E-state index contributed by atoms with van der Waals surface area (Å²) < 4.78 is 10.4. The van der Waals surface area contributed by atoms with E-state index in [-0.39, 0.29) is 12.4 Å². The Labute approximate surface area is 137 Å². The molecule has 0 unspecified atom stereocenters. The molecular formula is C17H14N2O3S. The van der Waals surface area contributed by atoms with Gasteiger partial charge in [-0.25, -0.2) is 0 Å². The highest BCUT2D eigenvalue weighted by Crippen LogP contribution is 2.16. The van der Waals surface area contributed by atoms with Gasteiger partial charge in [0.25, 0.3) is 0 Å². The summed E-state index contributed by atoms with van der Waals surface area (Å²) in [6.07, 6.45) is 3.36. The molecule has 0 amide bonds. The van der Waals surface area contributed by atoms with Crippen molar-refractivity contribution in [3.8, 4) is 5.75 Å². The Morgan fingerprint density at radius 1 is 1.30 bits per heavy atom. The molecule has 0 bridgehead atoms. The van der Waals surface area contributed by atoms with Crippen LogP contribution in [0, 0.1) is 6.92 Å². The van der Waals surface area contributed by atoms with Crippen LogP contribution in [-0.2, 0) is 6.61 Å². The number of ether oxygens (including phenoxy) is 1. The molecule has 1 aromatic carbocycles. The maximum absolute atomic E-state index is 11.9. The van der Waals surface area contributed by atoms with Gasteiger partial charge >= 0.3 is 0 Å². The van der Waals surface area contributed by atoms with E-state index in [1.54, 1.807) is 19.1 Å². The minimum Gasteiger partial charge on any atom is -0.485 e. The van der Waals surface area contributed by atoms with Crippen molar-refractivity contribution in [3.05, 3.63) is 70.0 Å². The van der Waals surface area contributed by atoms with Crippen LogP contribution in [-0.4, -0.2) is 15.9 Å². The Hall–Kier alpha value is -2.73. The number of aromatic nitrogens is 2. The fraction of sp³-hybridized carbons (Fsp3) is 0.118. The lowest BCUT2D eigenvalue weighted by molar-refractivity contribution is 0.105. The maximum atomic E-state index is 11.9. The zero-order chi connectivity index (χ0) is 16.1. The molecule has 6 heteroatoms. The molecular weight excluding hydrogens is 312 g/mol. The Morgan fingerprint density at radius 2 is 2.13 bits per heavy atom. The number of hydrogen-bond acceptors (Lipinski definition) is 6. The van der Waals surface area contributed by atoms with Gasteiger partial charge in [0.15, 0.2) is 12.4 Å². The van der Waals surface area contributed by atoms with Crippen LogP contribution < -0.4 is 4.74 Å². The number of benzene rings is 1. The van der Waals surface area contributed by atoms with Crippen LogP contribution in [0.15, 0.2) is 52.4 Å². The third-order valence-corrected chi connectivity index (χ3v) is 3.89. The number of aryl methyl sites for hydroxylation is 1. The average Bonchev–Trinajstić information content (AvgIpc) is 3.23. The number of ketones is 1. The SMILES string of the molecule is Cc1nc(COc2ccc(/C=C/C(=O)c3cccs3)cc2)no1. The number of hydrogen-bond donors (Lipinski definition) is 0. The van der Waals surface area contributed by atoms with Gasteiger partial charge in [-0.15, -0.1) is 11.3 Å². The van der Waals surface area contributed by atoms with Gasteiger partial charge in [0, 0.05) is 6.92 Å². The lowest BCUT2D eigenvalue weighted by Crippen LogP contribution is -1.97. The van der Waals surface area contributed by atoms with E-state index in [4.69, 9.17) is 9.26 Å². The van der Waals surface area contributed by atoms with E-state index < -0.39 is 0 Å². The molecule has 23 heavy (non-hydrogen) atoms. The fourth-order valence-electron chi connectivity index (χ4n) is 1.90. The molecule has 0 N–H and O–H groups in total. The standard InChI is InChI=1S/C17H14N2O3S/c1-12-18-17(19-22-12)11-21-14-7-4-13(5-8-14)6-9-15(20)16-3-2-10-23-16/h2-10H,11H2,1H3/b9-6+. The lowest BCUT2D eigenvalue weighted by atomic mass is 10.2. The Morgan fingerprint density at radius 3 is 2.78 bits per heavy atom. The number of thiophene rings is 1. The van der Waals surface area contributed by atoms with Crippen LogP contribution in [0.4, 0.5) is 0 Å². The summed E-state index contributed by atoms with van der Waals surface area (Å²) in [6, 6.07) is 11.1. The second kappa shape index (κ2) is 7.02. The van der Waals surface area contributed by atoms with Crippen molar-refractivity contribution in [1.29, 1.82) is 0 Å². The molecule has 0 atom stereocenters. The summed E-state index contributed by atoms with van der Waals surface area (Å²) in [7, 11) is 0. The third kappa shape index (κ3) is 4.14. The van der Waals surface area contributed by atoms with E-state index in [0.29, 0.717) is 17.5 Å². The van der Waals surface area contributed by atoms with Gasteiger partial charge in [-0.2, -0.15) is 4.98 Å². The Balaban J connectivity index is 1.57. The van der Waals surface area contributed by atoms with Crippen molar-refractivity contribution in [1.82, 2.24) is 10.1 Å². The zero-order valence-corrected chi connectivity index (χ0v) is 13.2. The first-order valence-electron chi connectivity index (χ1n) is 6.99. The van der Waals surface area contributed by atoms with Gasteiger partial charge in [0.2, 0.25) is 11.7 Å². The Bertz CT molecular complexity index is 805. The van der Waals surface area contributed by atoms with E-state index in [9.17, 15) is 4.79 Å². The number of allylic oxidation sites excluding steroid dienone is 1. The van der Waals surface area contributed by atoms with Crippen molar-refractivity contribution in [2.45, 2.75) is 13.5 Å². The Kier molecular flexibility index (Phi) is 4.63. The summed E-state index contributed by atoms with van der Waals surface area (Å²) >= 11 is 1.43. The molecule has 0 aliphatic rings. The van der Waals surface area contributed by atoms with Crippen LogP contribution in [0.2, 0.25) is 0 Å². The van der Waals surface area contributed by atoms with E-state index in [0.717, 1.165) is 10.4 Å². The molecule has 2 aromatic heterocycles. The fourth-order valence-corrected chi connectivity index (χ4v) is 2.54. The average molecular weight is 326 g/mol. The van der Waals surface area contributed by atoms with E-state index >= 15 is 0 Å². The van der Waals surface area contributed by atoms with Gasteiger partial charge in [0.05, 0.1) is 4.88 Å². The second-order valence-electron chi connectivity index (χ2n) is 4.76. The van der Waals surface area contributed by atoms with E-state index in [1.165, 1.54) is 11.3 Å². The molecule has 116 valence electrons. The minimum absolute atomic E-state index is 0.00722. The van der Waals surface area contributed by atoms with Crippen LogP contribution in [0.3, 0.4) is 0 Å². The molecule has 0 aliphatic heterocycles. The van der Waals surface area contributed by atoms with Crippen molar-refractivity contribution < 1.29 is 14.1 Å². The predicted octanol–water partition coefficient (Wildman–Crippen LogP) is 3.91. The normalized spacial score (nSPS) is 11.0.